The zero-order valence-corrected chi connectivity index (χ0v) is 12.2. The van der Waals surface area contributed by atoms with Crippen LogP contribution in [0.5, 0.6) is 0 Å². The van der Waals surface area contributed by atoms with Crippen LogP contribution in [0.2, 0.25) is 0 Å². The standard InChI is InChI=1S/C14H18F3NOS/c1-9-12(18-2)6-7-13(9)20(19)11-5-3-4-10(8-11)14(15,16)17/h3-5,8-9,12-13,18H,6-7H2,1-2H3. The Bertz CT molecular complexity index is 503. The lowest BCUT2D eigenvalue weighted by atomic mass is 10.1. The molecule has 20 heavy (non-hydrogen) atoms. The molecule has 0 spiro atoms. The maximum atomic E-state index is 12.7. The average molecular weight is 305 g/mol. The van der Waals surface area contributed by atoms with E-state index in [0.717, 1.165) is 25.0 Å². The summed E-state index contributed by atoms with van der Waals surface area (Å²) in [5, 5.41) is 3.08. The first-order valence-electron chi connectivity index (χ1n) is 6.59. The molecule has 1 aromatic carbocycles. The number of benzene rings is 1. The second-order valence-corrected chi connectivity index (χ2v) is 6.86. The van der Waals surface area contributed by atoms with Crippen LogP contribution in [0.4, 0.5) is 13.2 Å². The minimum absolute atomic E-state index is 0.0871. The van der Waals surface area contributed by atoms with Gasteiger partial charge in [-0.05, 0) is 44.0 Å². The number of halogens is 3. The third-order valence-corrected chi connectivity index (χ3v) is 5.96. The molecule has 0 amide bonds. The molecule has 2 nitrogen and oxygen atoms in total. The van der Waals surface area contributed by atoms with Crippen molar-refractivity contribution < 1.29 is 17.4 Å². The molecule has 1 N–H and O–H groups in total. The third kappa shape index (κ3) is 3.06. The Morgan fingerprint density at radius 2 is 2.00 bits per heavy atom. The fourth-order valence-corrected chi connectivity index (χ4v) is 4.55. The van der Waals surface area contributed by atoms with E-state index in [1.54, 1.807) is 0 Å². The van der Waals surface area contributed by atoms with Gasteiger partial charge in [0.2, 0.25) is 0 Å². The fraction of sp³-hybridized carbons (Fsp3) is 0.571. The summed E-state index contributed by atoms with van der Waals surface area (Å²) in [4.78, 5) is 0.272. The van der Waals surface area contributed by atoms with Crippen LogP contribution in [-0.4, -0.2) is 22.5 Å². The van der Waals surface area contributed by atoms with Gasteiger partial charge in [-0.2, -0.15) is 13.2 Å². The Labute approximate surface area is 119 Å². The minimum Gasteiger partial charge on any atom is -0.317 e. The first-order valence-corrected chi connectivity index (χ1v) is 7.81. The van der Waals surface area contributed by atoms with Gasteiger partial charge in [0, 0.05) is 16.2 Å². The Morgan fingerprint density at radius 3 is 2.55 bits per heavy atom. The second kappa shape index (κ2) is 5.85. The molecule has 1 saturated carbocycles. The zero-order chi connectivity index (χ0) is 14.9. The van der Waals surface area contributed by atoms with Crippen LogP contribution in [0, 0.1) is 5.92 Å². The van der Waals surface area contributed by atoms with Crippen molar-refractivity contribution in [3.8, 4) is 0 Å². The van der Waals surface area contributed by atoms with E-state index in [1.165, 1.54) is 12.1 Å². The highest BCUT2D eigenvalue weighted by molar-refractivity contribution is 7.85. The van der Waals surface area contributed by atoms with Crippen molar-refractivity contribution in [1.82, 2.24) is 5.32 Å². The van der Waals surface area contributed by atoms with E-state index in [2.05, 4.69) is 5.32 Å². The monoisotopic (exact) mass is 305 g/mol. The van der Waals surface area contributed by atoms with E-state index in [-0.39, 0.29) is 22.1 Å². The van der Waals surface area contributed by atoms with Crippen molar-refractivity contribution in [3.63, 3.8) is 0 Å². The van der Waals surface area contributed by atoms with Crippen LogP contribution < -0.4 is 5.32 Å². The number of rotatable bonds is 3. The third-order valence-electron chi connectivity index (χ3n) is 4.02. The van der Waals surface area contributed by atoms with Crippen molar-refractivity contribution in [3.05, 3.63) is 29.8 Å². The molecule has 0 heterocycles. The summed E-state index contributed by atoms with van der Waals surface area (Å²) >= 11 is 0. The molecule has 112 valence electrons. The molecule has 6 heteroatoms. The van der Waals surface area contributed by atoms with E-state index < -0.39 is 22.5 Å². The highest BCUT2D eigenvalue weighted by Gasteiger charge is 2.37. The van der Waals surface area contributed by atoms with Gasteiger partial charge in [0.15, 0.2) is 0 Å². The normalized spacial score (nSPS) is 28.6. The molecule has 1 aliphatic carbocycles. The molecule has 0 saturated heterocycles. The molecule has 0 aromatic heterocycles. The van der Waals surface area contributed by atoms with Gasteiger partial charge in [-0.25, -0.2) is 0 Å². The predicted octanol–water partition coefficient (Wildman–Crippen LogP) is 3.20. The summed E-state index contributed by atoms with van der Waals surface area (Å²) in [5.41, 5.74) is -0.737. The molecule has 4 atom stereocenters. The van der Waals surface area contributed by atoms with Crippen LogP contribution in [-0.2, 0) is 17.0 Å². The SMILES string of the molecule is CNC1CCC(S(=O)c2cccc(C(F)(F)F)c2)C1C. The molecule has 0 bridgehead atoms. The van der Waals surface area contributed by atoms with Gasteiger partial charge in [-0.15, -0.1) is 0 Å². The predicted molar refractivity (Wildman–Crippen MR) is 72.9 cm³/mol. The van der Waals surface area contributed by atoms with Crippen molar-refractivity contribution in [2.75, 3.05) is 7.05 Å². The molecule has 1 aliphatic rings. The van der Waals surface area contributed by atoms with Crippen molar-refractivity contribution in [1.29, 1.82) is 0 Å². The number of alkyl halides is 3. The maximum absolute atomic E-state index is 12.7. The first kappa shape index (κ1) is 15.5. The van der Waals surface area contributed by atoms with Gasteiger partial charge in [-0.1, -0.05) is 13.0 Å². The minimum atomic E-state index is -4.39. The van der Waals surface area contributed by atoms with Gasteiger partial charge in [0.05, 0.1) is 16.4 Å². The van der Waals surface area contributed by atoms with Crippen LogP contribution in [0.15, 0.2) is 29.2 Å². The maximum Gasteiger partial charge on any atom is 0.416 e. The first-order chi connectivity index (χ1) is 9.34. The lowest BCUT2D eigenvalue weighted by molar-refractivity contribution is -0.137. The number of nitrogens with one attached hydrogen (secondary N) is 1. The van der Waals surface area contributed by atoms with Gasteiger partial charge in [0.1, 0.15) is 0 Å². The summed E-state index contributed by atoms with van der Waals surface area (Å²) in [6.07, 6.45) is -2.71. The van der Waals surface area contributed by atoms with Gasteiger partial charge >= 0.3 is 6.18 Å². The molecule has 2 rings (SSSR count). The highest BCUT2D eigenvalue weighted by Crippen LogP contribution is 2.34. The molecule has 1 fully saturated rings. The quantitative estimate of drug-likeness (QED) is 0.929. The smallest absolute Gasteiger partial charge is 0.317 e. The second-order valence-electron chi connectivity index (χ2n) is 5.19. The summed E-state index contributed by atoms with van der Waals surface area (Å²) < 4.78 is 50.6. The average Bonchev–Trinajstić information content (AvgIpc) is 2.78. The summed E-state index contributed by atoms with van der Waals surface area (Å²) in [6.45, 7) is 2.00. The Morgan fingerprint density at radius 1 is 1.30 bits per heavy atom. The van der Waals surface area contributed by atoms with E-state index in [4.69, 9.17) is 0 Å². The molecular formula is C14H18F3NOS. The zero-order valence-electron chi connectivity index (χ0n) is 11.4. The summed E-state index contributed by atoms with van der Waals surface area (Å²) in [6, 6.07) is 5.15. The van der Waals surface area contributed by atoms with Gasteiger partial charge < -0.3 is 5.32 Å². The lowest BCUT2D eigenvalue weighted by Gasteiger charge is -2.20. The molecule has 0 aliphatic heterocycles. The highest BCUT2D eigenvalue weighted by atomic mass is 32.2. The Kier molecular flexibility index (Phi) is 4.54. The lowest BCUT2D eigenvalue weighted by Crippen LogP contribution is -2.32. The Hall–Kier alpha value is -0.880. The Balaban J connectivity index is 2.22. The molecule has 0 radical (unpaired) electrons. The van der Waals surface area contributed by atoms with Gasteiger partial charge in [-0.3, -0.25) is 4.21 Å². The molecular weight excluding hydrogens is 287 g/mol. The fourth-order valence-electron chi connectivity index (χ4n) is 2.81. The van der Waals surface area contributed by atoms with E-state index >= 15 is 0 Å². The van der Waals surface area contributed by atoms with Crippen molar-refractivity contribution >= 4 is 10.8 Å². The molecule has 1 aromatic rings. The van der Waals surface area contributed by atoms with Crippen molar-refractivity contribution in [2.24, 2.45) is 5.92 Å². The van der Waals surface area contributed by atoms with Crippen LogP contribution >= 0.6 is 0 Å². The van der Waals surface area contributed by atoms with Crippen molar-refractivity contribution in [2.45, 2.75) is 42.1 Å². The number of hydrogen-bond acceptors (Lipinski definition) is 2. The summed E-state index contributed by atoms with van der Waals surface area (Å²) in [5.74, 6) is 0.190. The van der Waals surface area contributed by atoms with E-state index in [1.807, 2.05) is 14.0 Å². The van der Waals surface area contributed by atoms with Crippen LogP contribution in [0.25, 0.3) is 0 Å². The van der Waals surface area contributed by atoms with Gasteiger partial charge in [0.25, 0.3) is 0 Å². The van der Waals surface area contributed by atoms with Crippen LogP contribution in [0.1, 0.15) is 25.3 Å². The van der Waals surface area contributed by atoms with E-state index in [0.29, 0.717) is 0 Å². The molecule has 4 unspecified atom stereocenters. The van der Waals surface area contributed by atoms with Crippen LogP contribution in [0.3, 0.4) is 0 Å². The van der Waals surface area contributed by atoms with E-state index in [9.17, 15) is 17.4 Å². The summed E-state index contributed by atoms with van der Waals surface area (Å²) in [7, 11) is 0.462. The largest absolute Gasteiger partial charge is 0.416 e. The topological polar surface area (TPSA) is 29.1 Å². The number of hydrogen-bond donors (Lipinski definition) is 1.